The van der Waals surface area contributed by atoms with Crippen LogP contribution in [0.5, 0.6) is 0 Å². The number of rotatable bonds is 3. The van der Waals surface area contributed by atoms with E-state index in [-0.39, 0.29) is 0 Å². The van der Waals surface area contributed by atoms with E-state index in [0.29, 0.717) is 12.0 Å². The van der Waals surface area contributed by atoms with Crippen LogP contribution < -0.4 is 5.73 Å². The fourth-order valence-corrected chi connectivity index (χ4v) is 4.61. The Morgan fingerprint density at radius 3 is 2.95 bits per heavy atom. The predicted molar refractivity (Wildman–Crippen MR) is 88.5 cm³/mol. The molecular formula is C16H21ClN2S. The van der Waals surface area contributed by atoms with Gasteiger partial charge in [-0.2, -0.15) is 0 Å². The maximum atomic E-state index is 6.53. The molecule has 2 unspecified atom stereocenters. The van der Waals surface area contributed by atoms with E-state index in [1.54, 1.807) is 0 Å². The lowest BCUT2D eigenvalue weighted by atomic mass is 9.91. The molecule has 1 aliphatic rings. The highest BCUT2D eigenvalue weighted by atomic mass is 35.5. The number of fused-ring (bicyclic) bond motifs is 1. The lowest BCUT2D eigenvalue weighted by Crippen LogP contribution is -2.46. The monoisotopic (exact) mass is 308 g/mol. The molecule has 2 N–H and O–H groups in total. The summed E-state index contributed by atoms with van der Waals surface area (Å²) in [6.45, 7) is 5.38. The zero-order valence-electron chi connectivity index (χ0n) is 11.8. The summed E-state index contributed by atoms with van der Waals surface area (Å²) in [5.41, 5.74) is 6.19. The van der Waals surface area contributed by atoms with Crippen molar-refractivity contribution in [2.75, 3.05) is 13.1 Å². The number of halogens is 1. The lowest BCUT2D eigenvalue weighted by molar-refractivity contribution is 0.146. The normalized spacial score (nSPS) is 24.4. The van der Waals surface area contributed by atoms with Gasteiger partial charge in [0.15, 0.2) is 0 Å². The smallest absolute Gasteiger partial charge is 0.0637 e. The highest BCUT2D eigenvalue weighted by molar-refractivity contribution is 7.19. The highest BCUT2D eigenvalue weighted by Crippen LogP contribution is 2.36. The number of hydrogen-bond acceptors (Lipinski definition) is 3. The van der Waals surface area contributed by atoms with Gasteiger partial charge in [-0.1, -0.05) is 43.1 Å². The topological polar surface area (TPSA) is 29.3 Å². The zero-order valence-corrected chi connectivity index (χ0v) is 13.4. The lowest BCUT2D eigenvalue weighted by Gasteiger charge is -2.36. The first-order valence-electron chi connectivity index (χ1n) is 7.33. The molecule has 0 bridgehead atoms. The Bertz CT molecular complexity index is 595. The Balaban J connectivity index is 1.78. The van der Waals surface area contributed by atoms with Crippen molar-refractivity contribution < 1.29 is 0 Å². The first-order chi connectivity index (χ1) is 9.69. The van der Waals surface area contributed by atoms with Crippen LogP contribution in [-0.4, -0.2) is 24.0 Å². The molecule has 3 rings (SSSR count). The van der Waals surface area contributed by atoms with E-state index in [2.05, 4.69) is 36.1 Å². The third-order valence-electron chi connectivity index (χ3n) is 4.37. The van der Waals surface area contributed by atoms with Crippen molar-refractivity contribution in [3.8, 4) is 0 Å². The molecule has 1 aliphatic heterocycles. The molecule has 1 aromatic carbocycles. The molecule has 2 heterocycles. The van der Waals surface area contributed by atoms with E-state index in [9.17, 15) is 0 Å². The molecule has 4 heteroatoms. The molecule has 1 saturated heterocycles. The third-order valence-corrected chi connectivity index (χ3v) is 6.07. The third kappa shape index (κ3) is 2.73. The van der Waals surface area contributed by atoms with Crippen molar-refractivity contribution >= 4 is 33.0 Å². The van der Waals surface area contributed by atoms with Crippen LogP contribution in [-0.2, 0) is 6.54 Å². The number of piperidine rings is 1. The fraction of sp³-hybridized carbons (Fsp3) is 0.500. The zero-order chi connectivity index (χ0) is 14.1. The number of nitrogens with two attached hydrogens (primary N) is 1. The average molecular weight is 309 g/mol. The van der Waals surface area contributed by atoms with Crippen LogP contribution in [0.1, 0.15) is 24.6 Å². The van der Waals surface area contributed by atoms with Crippen LogP contribution in [0.2, 0.25) is 5.02 Å². The fourth-order valence-electron chi connectivity index (χ4n) is 3.07. The summed E-state index contributed by atoms with van der Waals surface area (Å²) in [6, 6.07) is 8.76. The highest BCUT2D eigenvalue weighted by Gasteiger charge is 2.26. The van der Waals surface area contributed by atoms with Gasteiger partial charge in [-0.15, -0.1) is 11.3 Å². The summed E-state index contributed by atoms with van der Waals surface area (Å²) < 4.78 is 1.29. The number of benzene rings is 1. The van der Waals surface area contributed by atoms with E-state index in [1.165, 1.54) is 15.0 Å². The van der Waals surface area contributed by atoms with Gasteiger partial charge in [-0.25, -0.2) is 0 Å². The molecule has 2 atom stereocenters. The summed E-state index contributed by atoms with van der Waals surface area (Å²) in [7, 11) is 0. The number of hydrogen-bond donors (Lipinski definition) is 1. The second-order valence-corrected chi connectivity index (χ2v) is 7.21. The Kier molecular flexibility index (Phi) is 4.32. The quantitative estimate of drug-likeness (QED) is 0.924. The molecule has 1 aromatic heterocycles. The van der Waals surface area contributed by atoms with Crippen molar-refractivity contribution in [3.05, 3.63) is 34.2 Å². The minimum Gasteiger partial charge on any atom is -0.327 e. The minimum absolute atomic E-state index is 0.370. The average Bonchev–Trinajstić information content (AvgIpc) is 2.78. The maximum absolute atomic E-state index is 6.53. The van der Waals surface area contributed by atoms with Crippen molar-refractivity contribution in [2.24, 2.45) is 11.7 Å². The van der Waals surface area contributed by atoms with Crippen LogP contribution in [0.4, 0.5) is 0 Å². The van der Waals surface area contributed by atoms with Crippen molar-refractivity contribution in [3.63, 3.8) is 0 Å². The first kappa shape index (κ1) is 14.3. The van der Waals surface area contributed by atoms with E-state index in [4.69, 9.17) is 17.3 Å². The molecule has 2 aromatic rings. The van der Waals surface area contributed by atoms with Crippen LogP contribution in [0, 0.1) is 5.92 Å². The molecule has 0 radical (unpaired) electrons. The molecule has 108 valence electrons. The molecule has 0 spiro atoms. The standard InChI is InChI=1S/C16H21ClN2S/c1-2-11-9-19(8-7-13(11)18)10-15-16(17)12-5-3-4-6-14(12)20-15/h3-6,11,13H,2,7-10,18H2,1H3. The van der Waals surface area contributed by atoms with Gasteiger partial charge in [0.05, 0.1) is 5.02 Å². The Morgan fingerprint density at radius 2 is 2.20 bits per heavy atom. The Labute approximate surface area is 129 Å². The Morgan fingerprint density at radius 1 is 1.40 bits per heavy atom. The van der Waals surface area contributed by atoms with Gasteiger partial charge in [0, 0.05) is 40.6 Å². The Hall–Kier alpha value is -0.610. The van der Waals surface area contributed by atoms with E-state index >= 15 is 0 Å². The number of nitrogens with zero attached hydrogens (tertiary/aromatic N) is 1. The summed E-state index contributed by atoms with van der Waals surface area (Å²) in [6.07, 6.45) is 2.26. The summed E-state index contributed by atoms with van der Waals surface area (Å²) in [5, 5.41) is 2.13. The van der Waals surface area contributed by atoms with Gasteiger partial charge < -0.3 is 5.73 Å². The SMILES string of the molecule is CCC1CN(Cc2sc3ccccc3c2Cl)CCC1N. The first-order valence-corrected chi connectivity index (χ1v) is 8.52. The molecule has 0 aliphatic carbocycles. The van der Waals surface area contributed by atoms with E-state index in [1.807, 2.05) is 11.3 Å². The van der Waals surface area contributed by atoms with Crippen molar-refractivity contribution in [1.29, 1.82) is 0 Å². The largest absolute Gasteiger partial charge is 0.327 e. The summed E-state index contributed by atoms with van der Waals surface area (Å²) >= 11 is 8.36. The van der Waals surface area contributed by atoms with Crippen LogP contribution in [0.25, 0.3) is 10.1 Å². The van der Waals surface area contributed by atoms with Gasteiger partial charge in [0.1, 0.15) is 0 Å². The number of thiophene rings is 1. The summed E-state index contributed by atoms with van der Waals surface area (Å²) in [4.78, 5) is 3.80. The second-order valence-electron chi connectivity index (χ2n) is 5.69. The minimum atomic E-state index is 0.370. The van der Waals surface area contributed by atoms with Gasteiger partial charge in [-0.05, 0) is 18.4 Å². The predicted octanol–water partition coefficient (Wildman–Crippen LogP) is 4.11. The van der Waals surface area contributed by atoms with Gasteiger partial charge in [0.2, 0.25) is 0 Å². The van der Waals surface area contributed by atoms with Gasteiger partial charge >= 0.3 is 0 Å². The number of likely N-dealkylation sites (tertiary alicyclic amines) is 1. The van der Waals surface area contributed by atoms with E-state index in [0.717, 1.165) is 37.5 Å². The molecular weight excluding hydrogens is 288 g/mol. The van der Waals surface area contributed by atoms with Gasteiger partial charge in [0.25, 0.3) is 0 Å². The van der Waals surface area contributed by atoms with Crippen LogP contribution in [0.3, 0.4) is 0 Å². The van der Waals surface area contributed by atoms with E-state index < -0.39 is 0 Å². The van der Waals surface area contributed by atoms with Crippen molar-refractivity contribution in [1.82, 2.24) is 4.90 Å². The molecule has 1 fully saturated rings. The molecule has 0 saturated carbocycles. The van der Waals surface area contributed by atoms with Crippen molar-refractivity contribution in [2.45, 2.75) is 32.4 Å². The van der Waals surface area contributed by atoms with Crippen LogP contribution in [0.15, 0.2) is 24.3 Å². The second kappa shape index (κ2) is 6.02. The summed E-state index contributed by atoms with van der Waals surface area (Å²) in [5.74, 6) is 0.622. The maximum Gasteiger partial charge on any atom is 0.0637 e. The van der Waals surface area contributed by atoms with Gasteiger partial charge in [-0.3, -0.25) is 4.90 Å². The molecule has 0 amide bonds. The molecule has 2 nitrogen and oxygen atoms in total. The van der Waals surface area contributed by atoms with Crippen LogP contribution >= 0.6 is 22.9 Å². The molecule has 20 heavy (non-hydrogen) atoms.